The van der Waals surface area contributed by atoms with Crippen LogP contribution in [0.15, 0.2) is 27.6 Å². The van der Waals surface area contributed by atoms with Crippen LogP contribution in [0, 0.1) is 0 Å². The molecule has 1 N–H and O–H groups in total. The third-order valence-electron chi connectivity index (χ3n) is 2.98. The van der Waals surface area contributed by atoms with Crippen LogP contribution in [0.5, 0.6) is 0 Å². The van der Waals surface area contributed by atoms with E-state index in [2.05, 4.69) is 21.2 Å². The highest BCUT2D eigenvalue weighted by molar-refractivity contribution is 9.10. The van der Waals surface area contributed by atoms with Gasteiger partial charge in [-0.1, -0.05) is 13.0 Å². The molecule has 0 radical (unpaired) electrons. The Hall–Kier alpha value is -0.430. The molecule has 0 unspecified atom stereocenters. The van der Waals surface area contributed by atoms with Crippen LogP contribution in [0.3, 0.4) is 0 Å². The second-order valence-corrected chi connectivity index (χ2v) is 7.72. The van der Waals surface area contributed by atoms with Crippen molar-refractivity contribution in [2.45, 2.75) is 44.7 Å². The standard InChI is InChI=1S/C14H23BrN2O2S/c1-5-8-17(11(2)3)20(18,19)14-7-6-12(10-16-4)9-13(14)15/h6-7,9,11,16H,5,8,10H2,1-4H3. The van der Waals surface area contributed by atoms with Crippen LogP contribution in [0.25, 0.3) is 0 Å². The van der Waals surface area contributed by atoms with Gasteiger partial charge in [-0.05, 0) is 60.9 Å². The molecule has 20 heavy (non-hydrogen) atoms. The van der Waals surface area contributed by atoms with Crippen molar-refractivity contribution in [3.8, 4) is 0 Å². The van der Waals surface area contributed by atoms with Gasteiger partial charge in [0.15, 0.2) is 0 Å². The zero-order chi connectivity index (χ0) is 15.3. The molecule has 0 fully saturated rings. The van der Waals surface area contributed by atoms with E-state index in [0.717, 1.165) is 12.0 Å². The fraction of sp³-hybridized carbons (Fsp3) is 0.571. The van der Waals surface area contributed by atoms with Gasteiger partial charge in [-0.25, -0.2) is 8.42 Å². The molecule has 0 bridgehead atoms. The molecule has 0 atom stereocenters. The fourth-order valence-electron chi connectivity index (χ4n) is 2.07. The number of nitrogens with zero attached hydrogens (tertiary/aromatic N) is 1. The van der Waals surface area contributed by atoms with E-state index in [1.165, 1.54) is 0 Å². The molecule has 114 valence electrons. The average Bonchev–Trinajstić information content (AvgIpc) is 2.35. The van der Waals surface area contributed by atoms with Gasteiger partial charge in [-0.3, -0.25) is 0 Å². The number of hydrogen-bond donors (Lipinski definition) is 1. The van der Waals surface area contributed by atoms with E-state index in [1.54, 1.807) is 10.4 Å². The quantitative estimate of drug-likeness (QED) is 0.810. The highest BCUT2D eigenvalue weighted by Gasteiger charge is 2.28. The number of rotatable bonds is 7. The Balaban J connectivity index is 3.20. The van der Waals surface area contributed by atoms with Crippen LogP contribution in [-0.2, 0) is 16.6 Å². The first-order valence-corrected chi connectivity index (χ1v) is 9.02. The summed E-state index contributed by atoms with van der Waals surface area (Å²) in [5.41, 5.74) is 1.05. The minimum absolute atomic E-state index is 0.0520. The molecule has 0 aliphatic rings. The summed E-state index contributed by atoms with van der Waals surface area (Å²) >= 11 is 3.39. The monoisotopic (exact) mass is 362 g/mol. The van der Waals surface area contributed by atoms with E-state index in [4.69, 9.17) is 0 Å². The molecule has 0 aliphatic carbocycles. The maximum absolute atomic E-state index is 12.7. The molecule has 1 aromatic rings. The Morgan fingerprint density at radius 3 is 2.45 bits per heavy atom. The van der Waals surface area contributed by atoms with Gasteiger partial charge in [-0.2, -0.15) is 4.31 Å². The Bertz CT molecular complexity index is 544. The molecule has 0 aliphatic heterocycles. The molecule has 1 rings (SSSR count). The number of nitrogens with one attached hydrogen (secondary N) is 1. The Labute approximate surface area is 130 Å². The SMILES string of the molecule is CCCN(C(C)C)S(=O)(=O)c1ccc(CNC)cc1Br. The Morgan fingerprint density at radius 1 is 1.35 bits per heavy atom. The van der Waals surface area contributed by atoms with Gasteiger partial charge in [0.2, 0.25) is 10.0 Å². The van der Waals surface area contributed by atoms with Crippen molar-refractivity contribution in [2.24, 2.45) is 0 Å². The smallest absolute Gasteiger partial charge is 0.244 e. The van der Waals surface area contributed by atoms with E-state index in [1.807, 2.05) is 40.0 Å². The predicted molar refractivity (Wildman–Crippen MR) is 86.2 cm³/mol. The second kappa shape index (κ2) is 7.54. The summed E-state index contributed by atoms with van der Waals surface area (Å²) in [7, 11) is -1.60. The van der Waals surface area contributed by atoms with E-state index in [0.29, 0.717) is 22.5 Å². The van der Waals surface area contributed by atoms with Gasteiger partial charge in [0.05, 0.1) is 4.90 Å². The summed E-state index contributed by atoms with van der Waals surface area (Å²) in [6.45, 7) is 7.02. The maximum Gasteiger partial charge on any atom is 0.244 e. The van der Waals surface area contributed by atoms with Gasteiger partial charge in [0.25, 0.3) is 0 Å². The molecule has 0 saturated heterocycles. The molecule has 1 aromatic carbocycles. The highest BCUT2D eigenvalue weighted by Crippen LogP contribution is 2.27. The third kappa shape index (κ3) is 4.04. The number of benzene rings is 1. The largest absolute Gasteiger partial charge is 0.316 e. The molecular weight excluding hydrogens is 340 g/mol. The minimum atomic E-state index is -3.46. The summed E-state index contributed by atoms with van der Waals surface area (Å²) < 4.78 is 27.6. The van der Waals surface area contributed by atoms with Crippen molar-refractivity contribution in [3.63, 3.8) is 0 Å². The number of halogens is 1. The first-order chi connectivity index (χ1) is 9.34. The van der Waals surface area contributed by atoms with Crippen LogP contribution in [0.4, 0.5) is 0 Å². The van der Waals surface area contributed by atoms with Crippen molar-refractivity contribution in [1.29, 1.82) is 0 Å². The van der Waals surface area contributed by atoms with Gasteiger partial charge in [0, 0.05) is 23.6 Å². The topological polar surface area (TPSA) is 49.4 Å². The van der Waals surface area contributed by atoms with Crippen molar-refractivity contribution in [1.82, 2.24) is 9.62 Å². The van der Waals surface area contributed by atoms with Crippen molar-refractivity contribution < 1.29 is 8.42 Å². The summed E-state index contributed by atoms with van der Waals surface area (Å²) in [6, 6.07) is 5.33. The molecule has 6 heteroatoms. The average molecular weight is 363 g/mol. The zero-order valence-corrected chi connectivity index (χ0v) is 14.9. The lowest BCUT2D eigenvalue weighted by Gasteiger charge is -2.26. The van der Waals surface area contributed by atoms with Crippen LogP contribution in [0.1, 0.15) is 32.8 Å². The minimum Gasteiger partial charge on any atom is -0.316 e. The van der Waals surface area contributed by atoms with Gasteiger partial charge in [0.1, 0.15) is 0 Å². The van der Waals surface area contributed by atoms with Crippen LogP contribution >= 0.6 is 15.9 Å². The number of sulfonamides is 1. The molecule has 0 spiro atoms. The summed E-state index contributed by atoms with van der Waals surface area (Å²) in [5.74, 6) is 0. The Kier molecular flexibility index (Phi) is 6.64. The molecular formula is C14H23BrN2O2S. The Morgan fingerprint density at radius 2 is 2.00 bits per heavy atom. The first-order valence-electron chi connectivity index (χ1n) is 6.79. The molecule has 0 amide bonds. The van der Waals surface area contributed by atoms with Crippen LogP contribution in [-0.4, -0.2) is 32.4 Å². The van der Waals surface area contributed by atoms with E-state index >= 15 is 0 Å². The third-order valence-corrected chi connectivity index (χ3v) is 6.04. The zero-order valence-electron chi connectivity index (χ0n) is 12.5. The summed E-state index contributed by atoms with van der Waals surface area (Å²) in [5, 5.41) is 3.05. The van der Waals surface area contributed by atoms with E-state index in [9.17, 15) is 8.42 Å². The highest BCUT2D eigenvalue weighted by atomic mass is 79.9. The normalized spacial score (nSPS) is 12.3. The first kappa shape index (κ1) is 17.6. The lowest BCUT2D eigenvalue weighted by atomic mass is 10.2. The van der Waals surface area contributed by atoms with Crippen LogP contribution < -0.4 is 5.32 Å². The van der Waals surface area contributed by atoms with Gasteiger partial charge < -0.3 is 5.32 Å². The lowest BCUT2D eigenvalue weighted by molar-refractivity contribution is 0.354. The fourth-order valence-corrected chi connectivity index (χ4v) is 4.89. The predicted octanol–water partition coefficient (Wildman–Crippen LogP) is 2.98. The van der Waals surface area contributed by atoms with Gasteiger partial charge >= 0.3 is 0 Å². The van der Waals surface area contributed by atoms with E-state index < -0.39 is 10.0 Å². The van der Waals surface area contributed by atoms with Crippen molar-refractivity contribution in [2.75, 3.05) is 13.6 Å². The molecule has 0 heterocycles. The second-order valence-electron chi connectivity index (χ2n) is 5.00. The maximum atomic E-state index is 12.7. The molecule has 4 nitrogen and oxygen atoms in total. The van der Waals surface area contributed by atoms with Crippen molar-refractivity contribution >= 4 is 26.0 Å². The lowest BCUT2D eigenvalue weighted by Crippen LogP contribution is -2.37. The molecule has 0 aromatic heterocycles. The number of hydrogen-bond acceptors (Lipinski definition) is 3. The molecule has 0 saturated carbocycles. The van der Waals surface area contributed by atoms with Crippen molar-refractivity contribution in [3.05, 3.63) is 28.2 Å². The van der Waals surface area contributed by atoms with Gasteiger partial charge in [-0.15, -0.1) is 0 Å². The summed E-state index contributed by atoms with van der Waals surface area (Å²) in [6.07, 6.45) is 0.798. The van der Waals surface area contributed by atoms with Crippen LogP contribution in [0.2, 0.25) is 0 Å². The van der Waals surface area contributed by atoms with E-state index in [-0.39, 0.29) is 6.04 Å². The summed E-state index contributed by atoms with van der Waals surface area (Å²) in [4.78, 5) is 0.333.